The van der Waals surface area contributed by atoms with Crippen LogP contribution in [-0.2, 0) is 0 Å². The monoisotopic (exact) mass is 342 g/mol. The van der Waals surface area contributed by atoms with Crippen LogP contribution in [0.15, 0.2) is 23.3 Å². The van der Waals surface area contributed by atoms with Gasteiger partial charge in [0.25, 0.3) is 0 Å². The van der Waals surface area contributed by atoms with Crippen LogP contribution in [0.3, 0.4) is 0 Å². The fourth-order valence-electron chi connectivity index (χ4n) is 5.86. The standard InChI is InChI=1S/C22H22N4/c23-11-21(12-24)19-10-18-8-6-16-2-1-15(3-4-16)5-7-17(19)9-20(18)22(21,13-25)14-26/h9-10,15-16,19-20H,1-8H2/t15?,16?,19-,20-/m1/s1. The van der Waals surface area contributed by atoms with E-state index in [1.54, 1.807) is 0 Å². The van der Waals surface area contributed by atoms with Gasteiger partial charge in [0.1, 0.15) is 0 Å². The van der Waals surface area contributed by atoms with E-state index in [0.717, 1.165) is 48.7 Å². The quantitative estimate of drug-likeness (QED) is 0.603. The summed E-state index contributed by atoms with van der Waals surface area (Å²) in [6.45, 7) is 0. The van der Waals surface area contributed by atoms with Gasteiger partial charge in [-0.25, -0.2) is 0 Å². The van der Waals surface area contributed by atoms with E-state index in [-0.39, 0.29) is 0 Å². The highest BCUT2D eigenvalue weighted by Crippen LogP contribution is 2.63. The molecule has 0 spiro atoms. The van der Waals surface area contributed by atoms with Crippen LogP contribution in [0.2, 0.25) is 0 Å². The second kappa shape index (κ2) is 6.01. The van der Waals surface area contributed by atoms with Gasteiger partial charge in [-0.05, 0) is 37.5 Å². The van der Waals surface area contributed by atoms with Crippen molar-refractivity contribution >= 4 is 0 Å². The molecule has 8 aliphatic carbocycles. The van der Waals surface area contributed by atoms with E-state index >= 15 is 0 Å². The van der Waals surface area contributed by atoms with Gasteiger partial charge in [0.05, 0.1) is 24.3 Å². The van der Waals surface area contributed by atoms with Gasteiger partial charge in [0, 0.05) is 11.8 Å². The summed E-state index contributed by atoms with van der Waals surface area (Å²) in [7, 11) is 0. The molecule has 8 aliphatic rings. The van der Waals surface area contributed by atoms with Crippen molar-refractivity contribution in [2.75, 3.05) is 0 Å². The second-order valence-electron chi connectivity index (χ2n) is 8.47. The Morgan fingerprint density at radius 1 is 0.615 bits per heavy atom. The molecule has 0 radical (unpaired) electrons. The van der Waals surface area contributed by atoms with Crippen molar-refractivity contribution in [3.05, 3.63) is 23.3 Å². The Morgan fingerprint density at radius 3 is 1.27 bits per heavy atom. The molecule has 0 heterocycles. The summed E-state index contributed by atoms with van der Waals surface area (Å²) in [5.74, 6) is 0.612. The predicted molar refractivity (Wildman–Crippen MR) is 94.4 cm³/mol. The summed E-state index contributed by atoms with van der Waals surface area (Å²) in [5, 5.41) is 39.8. The molecule has 2 atom stereocenters. The summed E-state index contributed by atoms with van der Waals surface area (Å²) in [5.41, 5.74) is -0.994. The summed E-state index contributed by atoms with van der Waals surface area (Å²) >= 11 is 0. The molecule has 0 amide bonds. The van der Waals surface area contributed by atoms with Crippen LogP contribution < -0.4 is 0 Å². The van der Waals surface area contributed by atoms with Crippen molar-refractivity contribution in [2.24, 2.45) is 34.5 Å². The normalized spacial score (nSPS) is 36.2. The smallest absolute Gasteiger partial charge is 0.186 e. The number of fused-ring (bicyclic) bond motifs is 1. The molecular formula is C22H22N4. The summed E-state index contributed by atoms with van der Waals surface area (Å²) in [6, 6.07) is 8.52. The van der Waals surface area contributed by atoms with Crippen LogP contribution in [0.4, 0.5) is 0 Å². The molecule has 0 N–H and O–H groups in total. The van der Waals surface area contributed by atoms with Crippen molar-refractivity contribution in [1.29, 1.82) is 21.0 Å². The third-order valence-corrected chi connectivity index (χ3v) is 7.47. The first-order valence-corrected chi connectivity index (χ1v) is 9.70. The Labute approximate surface area is 155 Å². The molecule has 4 heteroatoms. The zero-order chi connectivity index (χ0) is 18.4. The van der Waals surface area contributed by atoms with Gasteiger partial charge in [-0.1, -0.05) is 49.0 Å². The summed E-state index contributed by atoms with van der Waals surface area (Å²) in [4.78, 5) is 0. The van der Waals surface area contributed by atoms with Gasteiger partial charge >= 0.3 is 0 Å². The first-order chi connectivity index (χ1) is 12.6. The van der Waals surface area contributed by atoms with E-state index < -0.39 is 22.7 Å². The third kappa shape index (κ3) is 2.03. The zero-order valence-electron chi connectivity index (χ0n) is 14.9. The number of allylic oxidation sites excluding steroid dienone is 4. The number of nitriles is 4. The topological polar surface area (TPSA) is 95.2 Å². The van der Waals surface area contributed by atoms with Gasteiger partial charge in [-0.15, -0.1) is 0 Å². The first-order valence-electron chi connectivity index (χ1n) is 9.70. The molecule has 0 saturated heterocycles. The van der Waals surface area contributed by atoms with Crippen LogP contribution in [0.5, 0.6) is 0 Å². The minimum Gasteiger partial charge on any atom is -0.196 e. The lowest BCUT2D eigenvalue weighted by Gasteiger charge is -2.50. The van der Waals surface area contributed by atoms with Crippen molar-refractivity contribution in [3.63, 3.8) is 0 Å². The zero-order valence-corrected chi connectivity index (χ0v) is 14.9. The lowest BCUT2D eigenvalue weighted by atomic mass is 9.45. The molecule has 0 aromatic carbocycles. The molecule has 0 unspecified atom stereocenters. The van der Waals surface area contributed by atoms with Gasteiger partial charge in [0.15, 0.2) is 10.8 Å². The van der Waals surface area contributed by atoms with Crippen molar-refractivity contribution in [1.82, 2.24) is 0 Å². The largest absolute Gasteiger partial charge is 0.196 e. The average Bonchev–Trinajstić information content (AvgIpc) is 2.69. The molecule has 1 fully saturated rings. The Morgan fingerprint density at radius 2 is 0.962 bits per heavy atom. The van der Waals surface area contributed by atoms with Gasteiger partial charge in [-0.3, -0.25) is 0 Å². The molecule has 26 heavy (non-hydrogen) atoms. The minimum absolute atomic E-state index is 0.422. The maximum atomic E-state index is 9.95. The molecule has 1 saturated carbocycles. The van der Waals surface area contributed by atoms with Crippen molar-refractivity contribution in [2.45, 2.75) is 51.4 Å². The molecular weight excluding hydrogens is 320 g/mol. The van der Waals surface area contributed by atoms with Crippen LogP contribution in [0.25, 0.3) is 0 Å². The molecule has 4 nitrogen and oxygen atoms in total. The van der Waals surface area contributed by atoms with Crippen LogP contribution in [0.1, 0.15) is 51.4 Å². The van der Waals surface area contributed by atoms with E-state index in [9.17, 15) is 21.0 Å². The van der Waals surface area contributed by atoms with Crippen LogP contribution in [-0.4, -0.2) is 0 Å². The van der Waals surface area contributed by atoms with Crippen molar-refractivity contribution in [3.8, 4) is 24.3 Å². The minimum atomic E-state index is -1.60. The van der Waals surface area contributed by atoms with Gasteiger partial charge < -0.3 is 0 Å². The Hall–Kier alpha value is -2.56. The summed E-state index contributed by atoms with van der Waals surface area (Å²) < 4.78 is 0. The Bertz CT molecular complexity index is 743. The van der Waals surface area contributed by atoms with E-state index in [1.807, 2.05) is 0 Å². The lowest BCUT2D eigenvalue weighted by Crippen LogP contribution is -2.54. The lowest BCUT2D eigenvalue weighted by molar-refractivity contribution is 0.154. The number of rotatable bonds is 0. The molecule has 130 valence electrons. The number of hydrogen-bond donors (Lipinski definition) is 0. The molecule has 0 aliphatic heterocycles. The summed E-state index contributed by atoms with van der Waals surface area (Å²) in [6.07, 6.45) is 13.2. The maximum absolute atomic E-state index is 9.95. The van der Waals surface area contributed by atoms with E-state index in [1.165, 1.54) is 25.7 Å². The predicted octanol–water partition coefficient (Wildman–Crippen LogP) is 4.55. The number of hydrogen-bond acceptors (Lipinski definition) is 4. The number of nitrogens with zero attached hydrogens (tertiary/aromatic N) is 4. The van der Waals surface area contributed by atoms with Gasteiger partial charge in [-0.2, -0.15) is 21.0 Å². The highest BCUT2D eigenvalue weighted by Gasteiger charge is 2.67. The van der Waals surface area contributed by atoms with E-state index in [4.69, 9.17) is 0 Å². The molecule has 0 aromatic rings. The Balaban J connectivity index is 1.86. The molecule has 0 aromatic heterocycles. The Kier molecular flexibility index (Phi) is 3.90. The highest BCUT2D eigenvalue weighted by atomic mass is 14.7. The van der Waals surface area contributed by atoms with Crippen LogP contribution in [0, 0.1) is 79.8 Å². The SMILES string of the molecule is N#CC1(C#N)[C@@H]2C=C3CCC4CCC(CCC2=C[C@H]3C1(C#N)C#N)CC4. The fraction of sp³-hybridized carbons (Fsp3) is 0.636. The fourth-order valence-corrected chi connectivity index (χ4v) is 5.86. The van der Waals surface area contributed by atoms with Gasteiger partial charge in [0.2, 0.25) is 0 Å². The molecule has 6 bridgehead atoms. The van der Waals surface area contributed by atoms with Crippen LogP contribution >= 0.6 is 0 Å². The third-order valence-electron chi connectivity index (χ3n) is 7.47. The van der Waals surface area contributed by atoms with E-state index in [2.05, 4.69) is 36.4 Å². The average molecular weight is 342 g/mol. The first kappa shape index (κ1) is 16.9. The van der Waals surface area contributed by atoms with Crippen molar-refractivity contribution < 1.29 is 0 Å². The van der Waals surface area contributed by atoms with E-state index in [0.29, 0.717) is 0 Å². The second-order valence-corrected chi connectivity index (χ2v) is 8.47. The maximum Gasteiger partial charge on any atom is 0.186 e. The highest BCUT2D eigenvalue weighted by molar-refractivity contribution is 5.53. The molecule has 8 rings (SSSR count).